The Morgan fingerprint density at radius 2 is 2.06 bits per heavy atom. The van der Waals surface area contributed by atoms with E-state index in [0.717, 1.165) is 11.4 Å². The van der Waals surface area contributed by atoms with Crippen LogP contribution in [0.3, 0.4) is 0 Å². The van der Waals surface area contributed by atoms with Gasteiger partial charge in [0, 0.05) is 30.3 Å². The molecule has 0 unspecified atom stereocenters. The average Bonchev–Trinajstić information content (AvgIpc) is 2.37. The van der Waals surface area contributed by atoms with Crippen LogP contribution in [-0.2, 0) is 0 Å². The molecular weight excluding hydrogens is 226 g/mol. The Labute approximate surface area is 106 Å². The second-order valence-corrected chi connectivity index (χ2v) is 4.10. The quantitative estimate of drug-likeness (QED) is 0.820. The summed E-state index contributed by atoms with van der Waals surface area (Å²) in [6.45, 7) is 1.82. The molecule has 1 amide bonds. The molecule has 4 heteroatoms. The van der Waals surface area contributed by atoms with Crippen molar-refractivity contribution < 1.29 is 4.79 Å². The minimum Gasteiger partial charge on any atom is -0.399 e. The van der Waals surface area contributed by atoms with E-state index in [1.54, 1.807) is 42.4 Å². The van der Waals surface area contributed by atoms with Crippen LogP contribution < -0.4 is 10.6 Å². The summed E-state index contributed by atoms with van der Waals surface area (Å²) in [5.41, 5.74) is 8.44. The molecule has 0 aliphatic heterocycles. The lowest BCUT2D eigenvalue weighted by Crippen LogP contribution is -2.27. The molecular formula is C14H15N3O. The van der Waals surface area contributed by atoms with Crippen molar-refractivity contribution in [3.63, 3.8) is 0 Å². The summed E-state index contributed by atoms with van der Waals surface area (Å²) in [5.74, 6) is -0.0915. The van der Waals surface area contributed by atoms with Gasteiger partial charge in [-0.3, -0.25) is 9.78 Å². The lowest BCUT2D eigenvalue weighted by molar-refractivity contribution is 0.0992. The molecule has 0 saturated carbocycles. The van der Waals surface area contributed by atoms with Crippen molar-refractivity contribution in [2.75, 3.05) is 17.7 Å². The molecule has 2 aromatic rings. The molecule has 1 heterocycles. The smallest absolute Gasteiger partial charge is 0.259 e. The number of hydrogen-bond donors (Lipinski definition) is 1. The summed E-state index contributed by atoms with van der Waals surface area (Å²) in [7, 11) is 1.73. The number of nitrogens with two attached hydrogens (primary N) is 1. The monoisotopic (exact) mass is 241 g/mol. The molecule has 2 rings (SSSR count). The van der Waals surface area contributed by atoms with Crippen molar-refractivity contribution >= 4 is 17.3 Å². The predicted octanol–water partition coefficient (Wildman–Crippen LogP) is 2.25. The van der Waals surface area contributed by atoms with Crippen LogP contribution in [-0.4, -0.2) is 17.9 Å². The molecule has 4 nitrogen and oxygen atoms in total. The fraction of sp³-hybridized carbons (Fsp3) is 0.143. The number of nitrogens with zero attached hydrogens (tertiary/aromatic N) is 2. The van der Waals surface area contributed by atoms with E-state index in [1.807, 2.05) is 19.1 Å². The number of aromatic nitrogens is 1. The van der Waals surface area contributed by atoms with Crippen molar-refractivity contribution in [3.05, 3.63) is 53.9 Å². The Kier molecular flexibility index (Phi) is 3.28. The largest absolute Gasteiger partial charge is 0.399 e. The standard InChI is InChI=1S/C14H15N3O/c1-10-13(7-4-8-16-10)14(18)17(2)12-6-3-5-11(15)9-12/h3-9H,15H2,1-2H3. The van der Waals surface area contributed by atoms with E-state index >= 15 is 0 Å². The maximum absolute atomic E-state index is 12.3. The van der Waals surface area contributed by atoms with Crippen molar-refractivity contribution in [2.45, 2.75) is 6.92 Å². The van der Waals surface area contributed by atoms with E-state index in [1.165, 1.54) is 0 Å². The van der Waals surface area contributed by atoms with Gasteiger partial charge in [-0.05, 0) is 37.3 Å². The lowest BCUT2D eigenvalue weighted by atomic mass is 10.1. The average molecular weight is 241 g/mol. The molecule has 0 aliphatic rings. The number of pyridine rings is 1. The van der Waals surface area contributed by atoms with Gasteiger partial charge < -0.3 is 10.6 Å². The Bertz CT molecular complexity index is 581. The fourth-order valence-electron chi connectivity index (χ4n) is 1.74. The van der Waals surface area contributed by atoms with Crippen LogP contribution in [0.15, 0.2) is 42.6 Å². The minimum atomic E-state index is -0.0915. The van der Waals surface area contributed by atoms with E-state index in [4.69, 9.17) is 5.73 Å². The molecule has 0 aliphatic carbocycles. The van der Waals surface area contributed by atoms with Crippen molar-refractivity contribution in [1.82, 2.24) is 4.98 Å². The first kappa shape index (κ1) is 12.1. The molecule has 1 aromatic heterocycles. The molecule has 0 saturated heterocycles. The molecule has 0 atom stereocenters. The summed E-state index contributed by atoms with van der Waals surface area (Å²) in [6.07, 6.45) is 1.67. The summed E-state index contributed by atoms with van der Waals surface area (Å²) in [6, 6.07) is 10.8. The zero-order valence-corrected chi connectivity index (χ0v) is 10.4. The first-order chi connectivity index (χ1) is 8.59. The van der Waals surface area contributed by atoms with Gasteiger partial charge in [-0.15, -0.1) is 0 Å². The molecule has 18 heavy (non-hydrogen) atoms. The number of anilines is 2. The molecule has 0 fully saturated rings. The SMILES string of the molecule is Cc1ncccc1C(=O)N(C)c1cccc(N)c1. The molecule has 2 N–H and O–H groups in total. The van der Waals surface area contributed by atoms with E-state index in [0.29, 0.717) is 11.3 Å². The minimum absolute atomic E-state index is 0.0915. The predicted molar refractivity (Wildman–Crippen MR) is 72.6 cm³/mol. The number of nitrogen functional groups attached to an aromatic ring is 1. The Morgan fingerprint density at radius 3 is 2.72 bits per heavy atom. The number of carbonyl (C=O) groups is 1. The van der Waals surface area contributed by atoms with Crippen LogP contribution >= 0.6 is 0 Å². The third-order valence-corrected chi connectivity index (χ3v) is 2.80. The highest BCUT2D eigenvalue weighted by Gasteiger charge is 2.15. The van der Waals surface area contributed by atoms with Gasteiger partial charge in [0.1, 0.15) is 0 Å². The van der Waals surface area contributed by atoms with Gasteiger partial charge in [-0.25, -0.2) is 0 Å². The summed E-state index contributed by atoms with van der Waals surface area (Å²) in [5, 5.41) is 0. The number of benzene rings is 1. The van der Waals surface area contributed by atoms with Crippen LogP contribution in [0.1, 0.15) is 16.1 Å². The number of rotatable bonds is 2. The fourth-order valence-corrected chi connectivity index (χ4v) is 1.74. The normalized spacial score (nSPS) is 10.1. The Morgan fingerprint density at radius 1 is 1.28 bits per heavy atom. The van der Waals surface area contributed by atoms with E-state index < -0.39 is 0 Å². The van der Waals surface area contributed by atoms with Gasteiger partial charge in [0.2, 0.25) is 0 Å². The number of aryl methyl sites for hydroxylation is 1. The lowest BCUT2D eigenvalue weighted by Gasteiger charge is -2.18. The van der Waals surface area contributed by atoms with E-state index in [2.05, 4.69) is 4.98 Å². The second kappa shape index (κ2) is 4.87. The number of carbonyl (C=O) groups excluding carboxylic acids is 1. The van der Waals surface area contributed by atoms with Crippen LogP contribution in [0.5, 0.6) is 0 Å². The highest BCUT2D eigenvalue weighted by Crippen LogP contribution is 2.18. The highest BCUT2D eigenvalue weighted by atomic mass is 16.2. The van der Waals surface area contributed by atoms with Gasteiger partial charge in [0.25, 0.3) is 5.91 Å². The van der Waals surface area contributed by atoms with Crippen molar-refractivity contribution in [3.8, 4) is 0 Å². The van der Waals surface area contributed by atoms with Gasteiger partial charge in [-0.1, -0.05) is 6.07 Å². The first-order valence-corrected chi connectivity index (χ1v) is 5.65. The van der Waals surface area contributed by atoms with Gasteiger partial charge in [-0.2, -0.15) is 0 Å². The summed E-state index contributed by atoms with van der Waals surface area (Å²) >= 11 is 0. The molecule has 0 bridgehead atoms. The zero-order valence-electron chi connectivity index (χ0n) is 10.4. The second-order valence-electron chi connectivity index (χ2n) is 4.10. The van der Waals surface area contributed by atoms with E-state index in [9.17, 15) is 4.79 Å². The maximum atomic E-state index is 12.3. The van der Waals surface area contributed by atoms with Crippen LogP contribution in [0.2, 0.25) is 0 Å². The molecule has 1 aromatic carbocycles. The third kappa shape index (κ3) is 2.32. The number of amides is 1. The molecule has 0 radical (unpaired) electrons. The van der Waals surface area contributed by atoms with Crippen molar-refractivity contribution in [2.24, 2.45) is 0 Å². The topological polar surface area (TPSA) is 59.2 Å². The van der Waals surface area contributed by atoms with Crippen LogP contribution in [0.25, 0.3) is 0 Å². The van der Waals surface area contributed by atoms with Gasteiger partial charge in [0.05, 0.1) is 5.56 Å². The first-order valence-electron chi connectivity index (χ1n) is 5.65. The van der Waals surface area contributed by atoms with Gasteiger partial charge >= 0.3 is 0 Å². The molecule has 0 spiro atoms. The number of hydrogen-bond acceptors (Lipinski definition) is 3. The van der Waals surface area contributed by atoms with Crippen molar-refractivity contribution in [1.29, 1.82) is 0 Å². The highest BCUT2D eigenvalue weighted by molar-refractivity contribution is 6.06. The summed E-state index contributed by atoms with van der Waals surface area (Å²) in [4.78, 5) is 18.0. The maximum Gasteiger partial charge on any atom is 0.259 e. The Hall–Kier alpha value is -2.36. The molecule has 92 valence electrons. The third-order valence-electron chi connectivity index (χ3n) is 2.80. The zero-order chi connectivity index (χ0) is 13.1. The Balaban J connectivity index is 2.32. The van der Waals surface area contributed by atoms with Crippen LogP contribution in [0.4, 0.5) is 11.4 Å². The van der Waals surface area contributed by atoms with E-state index in [-0.39, 0.29) is 5.91 Å². The van der Waals surface area contributed by atoms with Crippen LogP contribution in [0, 0.1) is 6.92 Å². The van der Waals surface area contributed by atoms with Gasteiger partial charge in [0.15, 0.2) is 0 Å². The summed E-state index contributed by atoms with van der Waals surface area (Å²) < 4.78 is 0.